The van der Waals surface area contributed by atoms with Crippen LogP contribution in [0.3, 0.4) is 0 Å². The predicted octanol–water partition coefficient (Wildman–Crippen LogP) is 3.04. The van der Waals surface area contributed by atoms with E-state index in [1.165, 1.54) is 12.1 Å². The molecular formula is C9H6FNS. The molecule has 0 radical (unpaired) electrons. The SMILES string of the molecule is Fc1ccc2c(=S)cc[nH]c2c1. The molecule has 60 valence electrons. The number of benzene rings is 1. The average Bonchev–Trinajstić information content (AvgIpc) is 2.04. The highest BCUT2D eigenvalue weighted by atomic mass is 32.1. The maximum absolute atomic E-state index is 12.7. The molecule has 3 heteroatoms. The van der Waals surface area contributed by atoms with Crippen LogP contribution in [0.1, 0.15) is 0 Å². The molecule has 1 heterocycles. The quantitative estimate of drug-likeness (QED) is 0.614. The van der Waals surface area contributed by atoms with Crippen LogP contribution in [0.15, 0.2) is 30.5 Å². The molecule has 0 aliphatic carbocycles. The van der Waals surface area contributed by atoms with Gasteiger partial charge in [-0.2, -0.15) is 0 Å². The minimum absolute atomic E-state index is 0.251. The first-order valence-electron chi connectivity index (χ1n) is 3.54. The normalized spacial score (nSPS) is 10.4. The van der Waals surface area contributed by atoms with Crippen molar-refractivity contribution in [3.05, 3.63) is 40.8 Å². The zero-order valence-electron chi connectivity index (χ0n) is 6.17. The zero-order valence-corrected chi connectivity index (χ0v) is 6.99. The summed E-state index contributed by atoms with van der Waals surface area (Å²) >= 11 is 5.05. The molecule has 12 heavy (non-hydrogen) atoms. The van der Waals surface area contributed by atoms with E-state index in [0.29, 0.717) is 0 Å². The van der Waals surface area contributed by atoms with E-state index in [-0.39, 0.29) is 5.82 Å². The molecular weight excluding hydrogens is 173 g/mol. The first-order chi connectivity index (χ1) is 5.77. The van der Waals surface area contributed by atoms with Crippen molar-refractivity contribution in [2.75, 3.05) is 0 Å². The molecule has 2 rings (SSSR count). The number of fused-ring (bicyclic) bond motifs is 1. The Morgan fingerprint density at radius 3 is 2.92 bits per heavy atom. The largest absolute Gasteiger partial charge is 0.361 e. The van der Waals surface area contributed by atoms with Gasteiger partial charge in [-0.1, -0.05) is 12.2 Å². The fourth-order valence-corrected chi connectivity index (χ4v) is 1.39. The Balaban J connectivity index is 2.96. The molecule has 0 fully saturated rings. The van der Waals surface area contributed by atoms with E-state index in [4.69, 9.17) is 12.2 Å². The fraction of sp³-hybridized carbons (Fsp3) is 0. The summed E-state index contributed by atoms with van der Waals surface area (Å²) < 4.78 is 13.5. The number of rotatable bonds is 0. The van der Waals surface area contributed by atoms with E-state index in [0.717, 1.165) is 15.4 Å². The van der Waals surface area contributed by atoms with Crippen molar-refractivity contribution in [1.82, 2.24) is 4.98 Å². The van der Waals surface area contributed by atoms with Gasteiger partial charge in [-0.05, 0) is 24.3 Å². The standard InChI is InChI=1S/C9H6FNS/c10-6-1-2-7-8(5-6)11-4-3-9(7)12/h1-5H,(H,11,12). The van der Waals surface area contributed by atoms with Gasteiger partial charge in [0.25, 0.3) is 0 Å². The predicted molar refractivity (Wildman–Crippen MR) is 49.1 cm³/mol. The summed E-state index contributed by atoms with van der Waals surface area (Å²) in [5.74, 6) is -0.251. The number of hydrogen-bond donors (Lipinski definition) is 1. The lowest BCUT2D eigenvalue weighted by Crippen LogP contribution is -1.80. The van der Waals surface area contributed by atoms with Gasteiger partial charge in [-0.25, -0.2) is 4.39 Å². The molecule has 0 amide bonds. The molecule has 0 spiro atoms. The van der Waals surface area contributed by atoms with Crippen molar-refractivity contribution < 1.29 is 4.39 Å². The van der Waals surface area contributed by atoms with Gasteiger partial charge in [0.2, 0.25) is 0 Å². The first-order valence-corrected chi connectivity index (χ1v) is 3.95. The van der Waals surface area contributed by atoms with Crippen LogP contribution in [-0.2, 0) is 0 Å². The number of nitrogens with one attached hydrogen (secondary N) is 1. The molecule has 0 saturated heterocycles. The second-order valence-corrected chi connectivity index (χ2v) is 2.97. The summed E-state index contributed by atoms with van der Waals surface area (Å²) in [6, 6.07) is 6.32. The van der Waals surface area contributed by atoms with Crippen LogP contribution in [0.5, 0.6) is 0 Å². The Hall–Kier alpha value is -1.22. The van der Waals surface area contributed by atoms with Gasteiger partial charge in [0, 0.05) is 21.6 Å². The molecule has 0 aliphatic rings. The van der Waals surface area contributed by atoms with Crippen molar-refractivity contribution in [2.45, 2.75) is 0 Å². The topological polar surface area (TPSA) is 15.8 Å². The maximum Gasteiger partial charge on any atom is 0.125 e. The minimum atomic E-state index is -0.251. The van der Waals surface area contributed by atoms with E-state index in [2.05, 4.69) is 4.98 Å². The van der Waals surface area contributed by atoms with E-state index in [9.17, 15) is 4.39 Å². The van der Waals surface area contributed by atoms with Crippen LogP contribution in [-0.4, -0.2) is 4.98 Å². The lowest BCUT2D eigenvalue weighted by atomic mass is 10.2. The van der Waals surface area contributed by atoms with Crippen LogP contribution in [0.2, 0.25) is 0 Å². The Labute approximate surface area is 73.9 Å². The number of halogens is 1. The van der Waals surface area contributed by atoms with Gasteiger partial charge in [0.15, 0.2) is 0 Å². The zero-order chi connectivity index (χ0) is 8.55. The van der Waals surface area contributed by atoms with Gasteiger partial charge >= 0.3 is 0 Å². The molecule has 0 aliphatic heterocycles. The molecule has 0 bridgehead atoms. The monoisotopic (exact) mass is 179 g/mol. The van der Waals surface area contributed by atoms with E-state index >= 15 is 0 Å². The smallest absolute Gasteiger partial charge is 0.125 e. The Morgan fingerprint density at radius 2 is 2.08 bits per heavy atom. The number of aromatic nitrogens is 1. The molecule has 2 aromatic rings. The first kappa shape index (κ1) is 7.43. The fourth-order valence-electron chi connectivity index (χ4n) is 1.15. The van der Waals surface area contributed by atoms with E-state index in [1.807, 2.05) is 0 Å². The van der Waals surface area contributed by atoms with Crippen molar-refractivity contribution in [3.8, 4) is 0 Å². The third kappa shape index (κ3) is 1.12. The number of hydrogen-bond acceptors (Lipinski definition) is 1. The second kappa shape index (κ2) is 2.68. The van der Waals surface area contributed by atoms with Crippen molar-refractivity contribution in [3.63, 3.8) is 0 Å². The molecule has 1 aromatic heterocycles. The highest BCUT2D eigenvalue weighted by Gasteiger charge is 1.95. The number of aromatic amines is 1. The molecule has 0 saturated carbocycles. The van der Waals surface area contributed by atoms with Crippen LogP contribution >= 0.6 is 12.2 Å². The summed E-state index contributed by atoms with van der Waals surface area (Å²) in [5.41, 5.74) is 0.738. The Bertz CT molecular complexity index is 475. The highest BCUT2D eigenvalue weighted by Crippen LogP contribution is 2.13. The summed E-state index contributed by atoms with van der Waals surface area (Å²) in [7, 11) is 0. The highest BCUT2D eigenvalue weighted by molar-refractivity contribution is 7.71. The molecule has 0 atom stereocenters. The van der Waals surface area contributed by atoms with Gasteiger partial charge < -0.3 is 4.98 Å². The minimum Gasteiger partial charge on any atom is -0.361 e. The van der Waals surface area contributed by atoms with Gasteiger partial charge in [0.1, 0.15) is 5.82 Å². The van der Waals surface area contributed by atoms with Crippen LogP contribution in [0.25, 0.3) is 10.9 Å². The second-order valence-electron chi connectivity index (χ2n) is 2.53. The Morgan fingerprint density at radius 1 is 1.25 bits per heavy atom. The van der Waals surface area contributed by atoms with Crippen molar-refractivity contribution in [1.29, 1.82) is 0 Å². The van der Waals surface area contributed by atoms with Crippen molar-refractivity contribution in [2.24, 2.45) is 0 Å². The number of H-pyrrole nitrogens is 1. The third-order valence-electron chi connectivity index (χ3n) is 1.72. The summed E-state index contributed by atoms with van der Waals surface area (Å²) in [6.45, 7) is 0. The van der Waals surface area contributed by atoms with Gasteiger partial charge in [0.05, 0.1) is 0 Å². The van der Waals surface area contributed by atoms with Crippen LogP contribution in [0, 0.1) is 10.3 Å². The van der Waals surface area contributed by atoms with Gasteiger partial charge in [-0.3, -0.25) is 0 Å². The van der Waals surface area contributed by atoms with Crippen LogP contribution < -0.4 is 0 Å². The van der Waals surface area contributed by atoms with E-state index < -0.39 is 0 Å². The molecule has 1 nitrogen and oxygen atoms in total. The lowest BCUT2D eigenvalue weighted by molar-refractivity contribution is 0.629. The maximum atomic E-state index is 12.7. The lowest BCUT2D eigenvalue weighted by Gasteiger charge is -1.96. The van der Waals surface area contributed by atoms with Gasteiger partial charge in [-0.15, -0.1) is 0 Å². The molecule has 1 N–H and O–H groups in total. The summed E-state index contributed by atoms with van der Waals surface area (Å²) in [6.07, 6.45) is 1.71. The summed E-state index contributed by atoms with van der Waals surface area (Å²) in [4.78, 5) is 2.93. The molecule has 0 unspecified atom stereocenters. The Kier molecular flexibility index (Phi) is 1.66. The number of pyridine rings is 1. The summed E-state index contributed by atoms with van der Waals surface area (Å²) in [5, 5.41) is 0.883. The van der Waals surface area contributed by atoms with Crippen molar-refractivity contribution >= 4 is 23.1 Å². The molecule has 1 aromatic carbocycles. The average molecular weight is 179 g/mol. The third-order valence-corrected chi connectivity index (χ3v) is 2.08. The van der Waals surface area contributed by atoms with E-state index in [1.54, 1.807) is 18.3 Å². The van der Waals surface area contributed by atoms with Crippen LogP contribution in [0.4, 0.5) is 4.39 Å².